The van der Waals surface area contributed by atoms with E-state index in [4.69, 9.17) is 5.11 Å². The van der Waals surface area contributed by atoms with Crippen molar-refractivity contribution in [3.63, 3.8) is 0 Å². The average molecular weight is 233 g/mol. The van der Waals surface area contributed by atoms with Gasteiger partial charge in [0.15, 0.2) is 0 Å². The summed E-state index contributed by atoms with van der Waals surface area (Å²) in [6.45, 7) is 3.73. The molecule has 1 aromatic rings. The van der Waals surface area contributed by atoms with E-state index in [1.165, 1.54) is 0 Å². The largest absolute Gasteiger partial charge is 0.481 e. The Hall–Kier alpha value is -1.64. The van der Waals surface area contributed by atoms with Crippen molar-refractivity contribution < 1.29 is 9.90 Å². The Morgan fingerprint density at radius 1 is 1.35 bits per heavy atom. The molecule has 0 saturated carbocycles. The van der Waals surface area contributed by atoms with Crippen LogP contribution in [0.4, 0.5) is 5.69 Å². The maximum atomic E-state index is 10.6. The third kappa shape index (κ3) is 5.29. The number of hydrogen-bond donors (Lipinski definition) is 1. The first kappa shape index (κ1) is 13.4. The van der Waals surface area contributed by atoms with Crippen LogP contribution in [0.3, 0.4) is 0 Å². The van der Waals surface area contributed by atoms with Crippen LogP contribution >= 0.6 is 0 Å². The molecular formula is C14H19NO2. The molecule has 1 atom stereocenters. The predicted molar refractivity (Wildman–Crippen MR) is 69.9 cm³/mol. The highest BCUT2D eigenvalue weighted by molar-refractivity contribution is 5.84. The smallest absolute Gasteiger partial charge is 0.306 e. The molecule has 1 aromatic carbocycles. The van der Waals surface area contributed by atoms with Crippen LogP contribution in [0.25, 0.3) is 0 Å². The number of carboxylic acid groups (broad SMARTS) is 1. The minimum atomic E-state index is -0.720. The van der Waals surface area contributed by atoms with Crippen molar-refractivity contribution in [2.45, 2.75) is 33.1 Å². The molecule has 1 N–H and O–H groups in total. The highest BCUT2D eigenvalue weighted by atomic mass is 16.4. The Kier molecular flexibility index (Phi) is 5.40. The highest BCUT2D eigenvalue weighted by Gasteiger charge is 2.09. The van der Waals surface area contributed by atoms with Crippen molar-refractivity contribution in [2.24, 2.45) is 10.9 Å². The second kappa shape index (κ2) is 6.84. The van der Waals surface area contributed by atoms with Gasteiger partial charge >= 0.3 is 5.97 Å². The van der Waals surface area contributed by atoms with Crippen molar-refractivity contribution in [3.05, 3.63) is 30.3 Å². The normalized spacial score (nSPS) is 13.4. The number of aliphatic carboxylic acids is 1. The fourth-order valence-electron chi connectivity index (χ4n) is 1.57. The maximum absolute atomic E-state index is 10.6. The molecule has 0 spiro atoms. The van der Waals surface area contributed by atoms with Crippen LogP contribution in [-0.2, 0) is 4.79 Å². The summed E-state index contributed by atoms with van der Waals surface area (Å²) in [5, 5.41) is 8.75. The van der Waals surface area contributed by atoms with E-state index in [1.54, 1.807) is 6.92 Å². The lowest BCUT2D eigenvalue weighted by molar-refractivity contribution is -0.141. The molecule has 0 amide bonds. The number of nitrogens with zero attached hydrogens (tertiary/aromatic N) is 1. The van der Waals surface area contributed by atoms with Crippen LogP contribution < -0.4 is 0 Å². The summed E-state index contributed by atoms with van der Waals surface area (Å²) in [6, 6.07) is 9.80. The zero-order valence-electron chi connectivity index (χ0n) is 10.4. The molecule has 1 rings (SSSR count). The van der Waals surface area contributed by atoms with E-state index in [0.29, 0.717) is 6.42 Å². The van der Waals surface area contributed by atoms with E-state index in [-0.39, 0.29) is 5.92 Å². The SMILES string of the molecule is CC(CCCC(C)C(=O)O)=Nc1ccccc1. The molecule has 3 nitrogen and oxygen atoms in total. The van der Waals surface area contributed by atoms with Gasteiger partial charge in [-0.25, -0.2) is 0 Å². The topological polar surface area (TPSA) is 49.7 Å². The fourth-order valence-corrected chi connectivity index (χ4v) is 1.57. The van der Waals surface area contributed by atoms with Crippen LogP contribution in [0, 0.1) is 5.92 Å². The number of carboxylic acids is 1. The summed E-state index contributed by atoms with van der Waals surface area (Å²) in [5.41, 5.74) is 2.00. The molecule has 0 heterocycles. The van der Waals surface area contributed by atoms with Crippen LogP contribution in [-0.4, -0.2) is 16.8 Å². The van der Waals surface area contributed by atoms with Gasteiger partial charge in [0, 0.05) is 5.71 Å². The van der Waals surface area contributed by atoms with Crippen LogP contribution in [0.15, 0.2) is 35.3 Å². The number of hydrogen-bond acceptors (Lipinski definition) is 2. The highest BCUT2D eigenvalue weighted by Crippen LogP contribution is 2.13. The lowest BCUT2D eigenvalue weighted by atomic mass is 10.0. The first-order chi connectivity index (χ1) is 8.09. The van der Waals surface area contributed by atoms with Gasteiger partial charge in [-0.3, -0.25) is 9.79 Å². The molecule has 0 aliphatic heterocycles. The first-order valence-electron chi connectivity index (χ1n) is 5.91. The van der Waals surface area contributed by atoms with Crippen molar-refractivity contribution in [1.82, 2.24) is 0 Å². The van der Waals surface area contributed by atoms with Gasteiger partial charge in [0.1, 0.15) is 0 Å². The quantitative estimate of drug-likeness (QED) is 0.762. The summed E-state index contributed by atoms with van der Waals surface area (Å²) in [4.78, 5) is 15.1. The van der Waals surface area contributed by atoms with Crippen molar-refractivity contribution in [1.29, 1.82) is 0 Å². The molecule has 0 radical (unpaired) electrons. The summed E-state index contributed by atoms with van der Waals surface area (Å²) in [7, 11) is 0. The van der Waals surface area contributed by atoms with E-state index in [1.807, 2.05) is 37.3 Å². The molecule has 3 heteroatoms. The van der Waals surface area contributed by atoms with Gasteiger partial charge in [-0.1, -0.05) is 25.1 Å². The molecule has 0 aromatic heterocycles. The average Bonchev–Trinajstić information content (AvgIpc) is 2.30. The summed E-state index contributed by atoms with van der Waals surface area (Å²) in [6.07, 6.45) is 2.43. The van der Waals surface area contributed by atoms with Gasteiger partial charge in [-0.2, -0.15) is 0 Å². The van der Waals surface area contributed by atoms with E-state index in [9.17, 15) is 4.79 Å². The zero-order valence-corrected chi connectivity index (χ0v) is 10.4. The molecule has 0 saturated heterocycles. The standard InChI is InChI=1S/C14H19NO2/c1-11(14(16)17)7-6-8-12(2)15-13-9-4-3-5-10-13/h3-5,9-11H,6-8H2,1-2H3,(H,16,17). The Morgan fingerprint density at radius 3 is 2.59 bits per heavy atom. The van der Waals surface area contributed by atoms with Gasteiger partial charge in [0.2, 0.25) is 0 Å². The fraction of sp³-hybridized carbons (Fsp3) is 0.429. The Balaban J connectivity index is 2.37. The number of para-hydroxylation sites is 1. The molecule has 1 unspecified atom stereocenters. The predicted octanol–water partition coefficient (Wildman–Crippen LogP) is 3.67. The minimum Gasteiger partial charge on any atom is -0.481 e. The summed E-state index contributed by atoms with van der Waals surface area (Å²) < 4.78 is 0. The van der Waals surface area contributed by atoms with Gasteiger partial charge in [0.05, 0.1) is 11.6 Å². The van der Waals surface area contributed by atoms with E-state index in [2.05, 4.69) is 4.99 Å². The van der Waals surface area contributed by atoms with E-state index < -0.39 is 5.97 Å². The molecule has 0 aliphatic carbocycles. The van der Waals surface area contributed by atoms with Gasteiger partial charge in [-0.05, 0) is 38.3 Å². The number of aliphatic imine (C=N–C) groups is 1. The third-order valence-corrected chi connectivity index (χ3v) is 2.67. The summed E-state index contributed by atoms with van der Waals surface area (Å²) >= 11 is 0. The van der Waals surface area contributed by atoms with Crippen LogP contribution in [0.2, 0.25) is 0 Å². The van der Waals surface area contributed by atoms with Gasteiger partial charge in [-0.15, -0.1) is 0 Å². The Labute approximate surface area is 102 Å². The summed E-state index contributed by atoms with van der Waals surface area (Å²) in [5.74, 6) is -0.984. The van der Waals surface area contributed by atoms with Gasteiger partial charge in [0.25, 0.3) is 0 Å². The Bertz CT molecular complexity index is 384. The van der Waals surface area contributed by atoms with Crippen molar-refractivity contribution >= 4 is 17.4 Å². The molecular weight excluding hydrogens is 214 g/mol. The molecule has 0 fully saturated rings. The van der Waals surface area contributed by atoms with Crippen molar-refractivity contribution in [2.75, 3.05) is 0 Å². The van der Waals surface area contributed by atoms with Crippen molar-refractivity contribution in [3.8, 4) is 0 Å². The maximum Gasteiger partial charge on any atom is 0.306 e. The van der Waals surface area contributed by atoms with Crippen LogP contribution in [0.1, 0.15) is 33.1 Å². The zero-order chi connectivity index (χ0) is 12.7. The third-order valence-electron chi connectivity index (χ3n) is 2.67. The molecule has 0 bridgehead atoms. The van der Waals surface area contributed by atoms with Crippen LogP contribution in [0.5, 0.6) is 0 Å². The van der Waals surface area contributed by atoms with E-state index >= 15 is 0 Å². The lowest BCUT2D eigenvalue weighted by Crippen LogP contribution is -2.09. The molecule has 92 valence electrons. The second-order valence-corrected chi connectivity index (χ2v) is 4.31. The number of rotatable bonds is 6. The Morgan fingerprint density at radius 2 is 2.00 bits per heavy atom. The number of benzene rings is 1. The molecule has 17 heavy (non-hydrogen) atoms. The number of carbonyl (C=O) groups is 1. The first-order valence-corrected chi connectivity index (χ1v) is 5.91. The van der Waals surface area contributed by atoms with Gasteiger partial charge < -0.3 is 5.11 Å². The minimum absolute atomic E-state index is 0.264. The molecule has 0 aliphatic rings. The second-order valence-electron chi connectivity index (χ2n) is 4.31. The monoisotopic (exact) mass is 233 g/mol. The lowest BCUT2D eigenvalue weighted by Gasteiger charge is -2.05. The van der Waals surface area contributed by atoms with E-state index in [0.717, 1.165) is 24.2 Å².